The maximum absolute atomic E-state index is 2.35. The average molecular weight is 167 g/mol. The van der Waals surface area contributed by atoms with Crippen LogP contribution in [0.1, 0.15) is 38.6 Å². The molecule has 0 radical (unpaired) electrons. The molecule has 0 aromatic carbocycles. The maximum atomic E-state index is 2.35. The Labute approximate surface area is 76.4 Å². The molecule has 1 rings (SSSR count). The van der Waals surface area contributed by atoms with E-state index in [1.54, 1.807) is 0 Å². The van der Waals surface area contributed by atoms with E-state index in [2.05, 4.69) is 37.5 Å². The van der Waals surface area contributed by atoms with Crippen LogP contribution in [0.4, 0.5) is 0 Å². The predicted octanol–water partition coefficient (Wildman–Crippen LogP) is 3.54. The number of hydrogen-bond donors (Lipinski definition) is 0. The molecule has 0 amide bonds. The van der Waals surface area contributed by atoms with Crippen molar-refractivity contribution in [1.82, 2.24) is 4.57 Å². The molecule has 0 atom stereocenters. The van der Waals surface area contributed by atoms with Crippen LogP contribution in [0.3, 0.4) is 0 Å². The zero-order chi connectivity index (χ0) is 9.56. The van der Waals surface area contributed by atoms with Gasteiger partial charge in [-0.3, -0.25) is 0 Å². The molecule has 1 heterocycles. The van der Waals surface area contributed by atoms with Crippen molar-refractivity contribution in [1.29, 1.82) is 0 Å². The van der Waals surface area contributed by atoms with Crippen molar-refractivity contribution < 1.29 is 0 Å². The van der Waals surface area contributed by atoms with E-state index in [1.807, 2.05) is 13.8 Å². The highest BCUT2D eigenvalue weighted by Gasteiger charge is 1.96. The largest absolute Gasteiger partial charge is 0.349 e. The molecular formula is C11H21N. The number of aromatic nitrogens is 1. The van der Waals surface area contributed by atoms with Crippen molar-refractivity contribution in [2.75, 3.05) is 0 Å². The molecule has 1 heteroatoms. The van der Waals surface area contributed by atoms with E-state index in [0.29, 0.717) is 0 Å². The molecule has 0 saturated heterocycles. The highest BCUT2D eigenvalue weighted by atomic mass is 15.0. The summed E-state index contributed by atoms with van der Waals surface area (Å²) in [4.78, 5) is 0. The van der Waals surface area contributed by atoms with Crippen molar-refractivity contribution in [3.8, 4) is 0 Å². The van der Waals surface area contributed by atoms with Crippen LogP contribution >= 0.6 is 0 Å². The zero-order valence-electron chi connectivity index (χ0n) is 9.02. The fourth-order valence-electron chi connectivity index (χ4n) is 1.28. The topological polar surface area (TPSA) is 4.93 Å². The molecule has 0 fully saturated rings. The van der Waals surface area contributed by atoms with Crippen molar-refractivity contribution in [2.24, 2.45) is 0 Å². The lowest BCUT2D eigenvalue weighted by atomic mass is 10.4. The van der Waals surface area contributed by atoms with Gasteiger partial charge in [-0.05, 0) is 32.4 Å². The van der Waals surface area contributed by atoms with Crippen LogP contribution in [0.15, 0.2) is 12.1 Å². The van der Waals surface area contributed by atoms with E-state index < -0.39 is 0 Å². The van der Waals surface area contributed by atoms with E-state index in [9.17, 15) is 0 Å². The van der Waals surface area contributed by atoms with Gasteiger partial charge >= 0.3 is 0 Å². The maximum Gasteiger partial charge on any atom is 0.0222 e. The molecule has 1 aromatic rings. The number of rotatable bonds is 2. The van der Waals surface area contributed by atoms with Gasteiger partial charge < -0.3 is 4.57 Å². The Morgan fingerprint density at radius 2 is 1.50 bits per heavy atom. The van der Waals surface area contributed by atoms with Crippen molar-refractivity contribution in [2.45, 2.75) is 47.6 Å². The van der Waals surface area contributed by atoms with E-state index in [1.165, 1.54) is 17.8 Å². The van der Waals surface area contributed by atoms with Crippen molar-refractivity contribution >= 4 is 0 Å². The smallest absolute Gasteiger partial charge is 0.0222 e. The zero-order valence-corrected chi connectivity index (χ0v) is 9.02. The van der Waals surface area contributed by atoms with Crippen LogP contribution in [-0.2, 0) is 6.54 Å². The molecule has 0 saturated carbocycles. The van der Waals surface area contributed by atoms with E-state index >= 15 is 0 Å². The summed E-state index contributed by atoms with van der Waals surface area (Å²) in [5, 5.41) is 0. The van der Waals surface area contributed by atoms with Crippen LogP contribution < -0.4 is 0 Å². The van der Waals surface area contributed by atoms with Gasteiger partial charge in [0, 0.05) is 17.9 Å². The quantitative estimate of drug-likeness (QED) is 0.635. The van der Waals surface area contributed by atoms with E-state index in [0.717, 1.165) is 6.54 Å². The van der Waals surface area contributed by atoms with Gasteiger partial charge in [0.2, 0.25) is 0 Å². The van der Waals surface area contributed by atoms with Crippen molar-refractivity contribution in [3.63, 3.8) is 0 Å². The first-order chi connectivity index (χ1) is 5.75. The first-order valence-corrected chi connectivity index (χ1v) is 4.88. The fourth-order valence-corrected chi connectivity index (χ4v) is 1.28. The van der Waals surface area contributed by atoms with Gasteiger partial charge in [-0.25, -0.2) is 0 Å². The molecule has 12 heavy (non-hydrogen) atoms. The lowest BCUT2D eigenvalue weighted by Crippen LogP contribution is -2.00. The number of nitrogens with zero attached hydrogens (tertiary/aromatic N) is 1. The highest BCUT2D eigenvalue weighted by molar-refractivity contribution is 5.13. The Balaban J connectivity index is 0.000000561. The molecule has 1 aromatic heterocycles. The van der Waals surface area contributed by atoms with Gasteiger partial charge in [0.05, 0.1) is 0 Å². The molecule has 0 aliphatic rings. The molecule has 1 nitrogen and oxygen atoms in total. The van der Waals surface area contributed by atoms with Crippen LogP contribution in [-0.4, -0.2) is 4.57 Å². The number of hydrogen-bond acceptors (Lipinski definition) is 0. The first-order valence-electron chi connectivity index (χ1n) is 4.88. The summed E-state index contributed by atoms with van der Waals surface area (Å²) >= 11 is 0. The summed E-state index contributed by atoms with van der Waals surface area (Å²) in [7, 11) is 0. The van der Waals surface area contributed by atoms with Gasteiger partial charge in [-0.15, -0.1) is 0 Å². The third kappa shape index (κ3) is 2.72. The summed E-state index contributed by atoms with van der Waals surface area (Å²) in [5.41, 5.74) is 2.75. The molecule has 0 aliphatic carbocycles. The van der Waals surface area contributed by atoms with Crippen LogP contribution in [0.2, 0.25) is 0 Å². The second-order valence-corrected chi connectivity index (χ2v) is 2.77. The predicted molar refractivity (Wildman–Crippen MR) is 55.5 cm³/mol. The summed E-state index contributed by atoms with van der Waals surface area (Å²) < 4.78 is 2.35. The Bertz CT molecular complexity index is 191. The average Bonchev–Trinajstić information content (AvgIpc) is 2.40. The van der Waals surface area contributed by atoms with Crippen LogP contribution in [0, 0.1) is 13.8 Å². The second kappa shape index (κ2) is 5.87. The normalized spacial score (nSPS) is 9.08. The standard InChI is InChI=1S/C9H15N.C2H6/c1-4-7-10-8(2)5-6-9(10)3;1-2/h5-6H,4,7H2,1-3H3;1-2H3. The molecule has 0 aliphatic heterocycles. The molecule has 0 unspecified atom stereocenters. The minimum Gasteiger partial charge on any atom is -0.349 e. The van der Waals surface area contributed by atoms with E-state index in [4.69, 9.17) is 0 Å². The van der Waals surface area contributed by atoms with Gasteiger partial charge in [-0.1, -0.05) is 20.8 Å². The van der Waals surface area contributed by atoms with Gasteiger partial charge in [0.25, 0.3) is 0 Å². The lowest BCUT2D eigenvalue weighted by molar-refractivity contribution is 0.649. The summed E-state index contributed by atoms with van der Waals surface area (Å²) in [6, 6.07) is 4.34. The van der Waals surface area contributed by atoms with Crippen molar-refractivity contribution in [3.05, 3.63) is 23.5 Å². The number of aryl methyl sites for hydroxylation is 2. The monoisotopic (exact) mass is 167 g/mol. The minimum atomic E-state index is 1.16. The lowest BCUT2D eigenvalue weighted by Gasteiger charge is -2.05. The molecule has 0 spiro atoms. The SMILES string of the molecule is CC.CCCn1c(C)ccc1C. The Hall–Kier alpha value is -0.720. The summed E-state index contributed by atoms with van der Waals surface area (Å²) in [6.45, 7) is 11.7. The molecule has 0 bridgehead atoms. The first kappa shape index (κ1) is 11.3. The molecule has 70 valence electrons. The second-order valence-electron chi connectivity index (χ2n) is 2.77. The fraction of sp³-hybridized carbons (Fsp3) is 0.636. The Morgan fingerprint density at radius 3 is 1.83 bits per heavy atom. The van der Waals surface area contributed by atoms with Gasteiger partial charge in [-0.2, -0.15) is 0 Å². The Kier molecular flexibility index (Phi) is 5.52. The summed E-state index contributed by atoms with van der Waals surface area (Å²) in [5.74, 6) is 0. The van der Waals surface area contributed by atoms with Crippen LogP contribution in [0.25, 0.3) is 0 Å². The van der Waals surface area contributed by atoms with Gasteiger partial charge in [0.1, 0.15) is 0 Å². The van der Waals surface area contributed by atoms with Gasteiger partial charge in [0.15, 0.2) is 0 Å². The molecular weight excluding hydrogens is 146 g/mol. The summed E-state index contributed by atoms with van der Waals surface area (Å²) in [6.07, 6.45) is 1.22. The highest BCUT2D eigenvalue weighted by Crippen LogP contribution is 2.06. The third-order valence-corrected chi connectivity index (χ3v) is 1.86. The molecule has 0 N–H and O–H groups in total. The van der Waals surface area contributed by atoms with Crippen LogP contribution in [0.5, 0.6) is 0 Å². The third-order valence-electron chi connectivity index (χ3n) is 1.86. The minimum absolute atomic E-state index is 1.16. The Morgan fingerprint density at radius 1 is 1.08 bits per heavy atom. The van der Waals surface area contributed by atoms with E-state index in [-0.39, 0.29) is 0 Å².